The molecule has 0 heterocycles. The maximum Gasteiger partial charge on any atom is 0.240 e. The van der Waals surface area contributed by atoms with Crippen LogP contribution in [0.5, 0.6) is 0 Å². The van der Waals surface area contributed by atoms with Gasteiger partial charge in [0.05, 0.1) is 11.8 Å². The van der Waals surface area contributed by atoms with Crippen LogP contribution in [0.3, 0.4) is 0 Å². The molecule has 108 valence electrons. The van der Waals surface area contributed by atoms with Gasteiger partial charge < -0.3 is 4.90 Å². The summed E-state index contributed by atoms with van der Waals surface area (Å²) in [6, 6.07) is -0.717. The zero-order valence-electron chi connectivity index (χ0n) is 11.3. The van der Waals surface area contributed by atoms with Gasteiger partial charge >= 0.3 is 0 Å². The zero-order valence-corrected chi connectivity index (χ0v) is 12.9. The van der Waals surface area contributed by atoms with E-state index in [1.165, 1.54) is 0 Å². The summed E-state index contributed by atoms with van der Waals surface area (Å²) in [7, 11) is -3.40. The lowest BCUT2D eigenvalue weighted by molar-refractivity contribution is -0.132. The molecule has 0 fully saturated rings. The Morgan fingerprint density at radius 3 is 2.28 bits per heavy atom. The van der Waals surface area contributed by atoms with Gasteiger partial charge in [-0.2, -0.15) is 0 Å². The summed E-state index contributed by atoms with van der Waals surface area (Å²) >= 11 is 5.49. The number of hydrogen-bond acceptors (Lipinski definition) is 3. The van der Waals surface area contributed by atoms with Gasteiger partial charge in [0.15, 0.2) is 0 Å². The highest BCUT2D eigenvalue weighted by Gasteiger charge is 2.22. The summed E-state index contributed by atoms with van der Waals surface area (Å²) in [6.45, 7) is 6.45. The molecule has 1 unspecified atom stereocenters. The summed E-state index contributed by atoms with van der Waals surface area (Å²) in [5, 5.41) is 0. The van der Waals surface area contributed by atoms with Gasteiger partial charge in [-0.3, -0.25) is 4.79 Å². The van der Waals surface area contributed by atoms with Crippen molar-refractivity contribution in [2.45, 2.75) is 39.7 Å². The van der Waals surface area contributed by atoms with Crippen molar-refractivity contribution in [2.24, 2.45) is 0 Å². The monoisotopic (exact) mass is 298 g/mol. The Balaban J connectivity index is 4.36. The molecular weight excluding hydrogens is 276 g/mol. The van der Waals surface area contributed by atoms with Gasteiger partial charge in [-0.25, -0.2) is 13.1 Å². The number of halogens is 1. The molecule has 1 amide bonds. The molecule has 0 spiro atoms. The third-order valence-corrected chi connectivity index (χ3v) is 4.40. The first-order valence-electron chi connectivity index (χ1n) is 6.22. The number of nitrogens with one attached hydrogen (secondary N) is 1. The average molecular weight is 299 g/mol. The van der Waals surface area contributed by atoms with Crippen molar-refractivity contribution in [1.82, 2.24) is 9.62 Å². The first-order valence-corrected chi connectivity index (χ1v) is 8.41. The van der Waals surface area contributed by atoms with E-state index in [9.17, 15) is 13.2 Å². The minimum absolute atomic E-state index is 0.00951. The van der Waals surface area contributed by atoms with Crippen molar-refractivity contribution >= 4 is 27.5 Å². The Morgan fingerprint density at radius 1 is 1.28 bits per heavy atom. The van der Waals surface area contributed by atoms with Gasteiger partial charge in [0.25, 0.3) is 0 Å². The van der Waals surface area contributed by atoms with Crippen molar-refractivity contribution in [1.29, 1.82) is 0 Å². The Bertz CT molecular complexity index is 342. The van der Waals surface area contributed by atoms with Crippen LogP contribution in [0.15, 0.2) is 0 Å². The molecule has 1 atom stereocenters. The first-order chi connectivity index (χ1) is 8.37. The van der Waals surface area contributed by atoms with Crippen LogP contribution in [0.2, 0.25) is 0 Å². The molecular formula is C11H23ClN2O3S. The van der Waals surface area contributed by atoms with Gasteiger partial charge in [-0.15, -0.1) is 11.6 Å². The van der Waals surface area contributed by atoms with Crippen LogP contribution in [0.1, 0.15) is 33.6 Å². The SMILES string of the molecule is CCN(CC)C(=O)C(C)NS(=O)(=O)CCCCCl. The number of rotatable bonds is 9. The number of carbonyl (C=O) groups is 1. The molecule has 5 nitrogen and oxygen atoms in total. The molecule has 0 aliphatic rings. The Kier molecular flexibility index (Phi) is 8.56. The second-order valence-corrected chi connectivity index (χ2v) is 6.32. The number of unbranched alkanes of at least 4 members (excludes halogenated alkanes) is 1. The number of sulfonamides is 1. The van der Waals surface area contributed by atoms with Crippen molar-refractivity contribution in [3.05, 3.63) is 0 Å². The molecule has 7 heteroatoms. The fourth-order valence-corrected chi connectivity index (χ4v) is 3.10. The molecule has 0 aromatic rings. The van der Waals surface area contributed by atoms with Gasteiger partial charge in [0.1, 0.15) is 0 Å². The minimum Gasteiger partial charge on any atom is -0.342 e. The van der Waals surface area contributed by atoms with Crippen LogP contribution in [0, 0.1) is 0 Å². The molecule has 0 aliphatic heterocycles. The smallest absolute Gasteiger partial charge is 0.240 e. The molecule has 0 rings (SSSR count). The second-order valence-electron chi connectivity index (χ2n) is 4.07. The van der Waals surface area contributed by atoms with Crippen molar-refractivity contribution in [3.8, 4) is 0 Å². The normalized spacial score (nSPS) is 13.3. The van der Waals surface area contributed by atoms with Crippen LogP contribution in [0.25, 0.3) is 0 Å². The molecule has 0 aromatic heterocycles. The van der Waals surface area contributed by atoms with E-state index in [2.05, 4.69) is 4.72 Å². The number of amides is 1. The van der Waals surface area contributed by atoms with Crippen LogP contribution < -0.4 is 4.72 Å². The van der Waals surface area contributed by atoms with Gasteiger partial charge in [0, 0.05) is 19.0 Å². The van der Waals surface area contributed by atoms with Crippen LogP contribution in [-0.4, -0.2) is 50.0 Å². The van der Waals surface area contributed by atoms with E-state index in [1.54, 1.807) is 11.8 Å². The lowest BCUT2D eigenvalue weighted by Crippen LogP contribution is -2.47. The van der Waals surface area contributed by atoms with E-state index in [4.69, 9.17) is 11.6 Å². The third kappa shape index (κ3) is 6.56. The summed E-state index contributed by atoms with van der Waals surface area (Å²) < 4.78 is 25.8. The van der Waals surface area contributed by atoms with E-state index in [-0.39, 0.29) is 11.7 Å². The maximum atomic E-state index is 11.9. The summed E-state index contributed by atoms with van der Waals surface area (Å²) in [6.07, 6.45) is 1.16. The topological polar surface area (TPSA) is 66.5 Å². The van der Waals surface area contributed by atoms with Gasteiger partial charge in [-0.05, 0) is 33.6 Å². The van der Waals surface area contributed by atoms with Crippen LogP contribution in [0.4, 0.5) is 0 Å². The molecule has 0 bridgehead atoms. The molecule has 18 heavy (non-hydrogen) atoms. The van der Waals surface area contributed by atoms with Crippen LogP contribution in [-0.2, 0) is 14.8 Å². The van der Waals surface area contributed by atoms with E-state index in [0.29, 0.717) is 31.8 Å². The fourth-order valence-electron chi connectivity index (χ4n) is 1.57. The van der Waals surface area contributed by atoms with Crippen LogP contribution >= 0.6 is 11.6 Å². The summed E-state index contributed by atoms with van der Waals surface area (Å²) in [5.41, 5.74) is 0. The number of nitrogens with zero attached hydrogens (tertiary/aromatic N) is 1. The predicted molar refractivity (Wildman–Crippen MR) is 74.3 cm³/mol. The zero-order chi connectivity index (χ0) is 14.2. The average Bonchev–Trinajstić information content (AvgIpc) is 2.30. The number of hydrogen-bond donors (Lipinski definition) is 1. The van der Waals surface area contributed by atoms with Gasteiger partial charge in [0.2, 0.25) is 15.9 Å². The Labute approximate surface area is 115 Å². The van der Waals surface area contributed by atoms with E-state index < -0.39 is 16.1 Å². The molecule has 0 radical (unpaired) electrons. The number of alkyl halides is 1. The standard InChI is InChI=1S/C11H23ClN2O3S/c1-4-14(5-2)11(15)10(3)13-18(16,17)9-7-6-8-12/h10,13H,4-9H2,1-3H3. The highest BCUT2D eigenvalue weighted by Crippen LogP contribution is 2.00. The molecule has 0 saturated carbocycles. The maximum absolute atomic E-state index is 11.9. The highest BCUT2D eigenvalue weighted by atomic mass is 35.5. The summed E-state index contributed by atoms with van der Waals surface area (Å²) in [4.78, 5) is 13.5. The Morgan fingerprint density at radius 2 is 1.83 bits per heavy atom. The van der Waals surface area contributed by atoms with E-state index in [1.807, 2.05) is 13.8 Å². The number of likely N-dealkylation sites (N-methyl/N-ethyl adjacent to an activating group) is 1. The molecule has 0 saturated heterocycles. The molecule has 0 aliphatic carbocycles. The predicted octanol–water partition coefficient (Wildman–Crippen LogP) is 1.18. The quantitative estimate of drug-likeness (QED) is 0.513. The fraction of sp³-hybridized carbons (Fsp3) is 0.909. The van der Waals surface area contributed by atoms with E-state index >= 15 is 0 Å². The lowest BCUT2D eigenvalue weighted by atomic mass is 10.3. The molecule has 0 aromatic carbocycles. The Hall–Kier alpha value is -0.330. The van der Waals surface area contributed by atoms with Crippen molar-refractivity contribution < 1.29 is 13.2 Å². The number of carbonyl (C=O) groups excluding carboxylic acids is 1. The van der Waals surface area contributed by atoms with E-state index in [0.717, 1.165) is 0 Å². The summed E-state index contributed by atoms with van der Waals surface area (Å²) in [5.74, 6) is 0.264. The second kappa shape index (κ2) is 8.72. The lowest BCUT2D eigenvalue weighted by Gasteiger charge is -2.23. The first kappa shape index (κ1) is 17.7. The highest BCUT2D eigenvalue weighted by molar-refractivity contribution is 7.89. The minimum atomic E-state index is -3.40. The third-order valence-electron chi connectivity index (χ3n) is 2.60. The largest absolute Gasteiger partial charge is 0.342 e. The molecule has 1 N–H and O–H groups in total. The van der Waals surface area contributed by atoms with Crippen molar-refractivity contribution in [2.75, 3.05) is 24.7 Å². The van der Waals surface area contributed by atoms with Crippen molar-refractivity contribution in [3.63, 3.8) is 0 Å². The van der Waals surface area contributed by atoms with Gasteiger partial charge in [-0.1, -0.05) is 0 Å².